The monoisotopic (exact) mass is 294 g/mol. The van der Waals surface area contributed by atoms with Crippen LogP contribution in [0.3, 0.4) is 0 Å². The number of carbonyl (C=O) groups excluding carboxylic acids is 1. The van der Waals surface area contributed by atoms with Gasteiger partial charge in [-0.15, -0.1) is 0 Å². The number of ether oxygens (including phenoxy) is 4. The standard InChI is InChI=1S/C16H22O5/c1-2-18-13-6-8-14(9-7-13)20-12-16(17)21-11-15-5-3-4-10-19-15/h6-9,15H,2-5,10-12H2,1H3. The molecule has 1 aliphatic heterocycles. The summed E-state index contributed by atoms with van der Waals surface area (Å²) in [6.45, 7) is 3.52. The molecule has 0 spiro atoms. The van der Waals surface area contributed by atoms with E-state index in [1.807, 2.05) is 6.92 Å². The molecule has 1 fully saturated rings. The highest BCUT2D eigenvalue weighted by molar-refractivity contribution is 5.71. The third-order valence-corrected chi connectivity index (χ3v) is 3.20. The van der Waals surface area contributed by atoms with Crippen LogP contribution in [-0.2, 0) is 14.3 Å². The lowest BCUT2D eigenvalue weighted by Crippen LogP contribution is -2.27. The highest BCUT2D eigenvalue weighted by atomic mass is 16.6. The van der Waals surface area contributed by atoms with Crippen molar-refractivity contribution in [2.45, 2.75) is 32.3 Å². The van der Waals surface area contributed by atoms with Gasteiger partial charge in [0.1, 0.15) is 18.1 Å². The van der Waals surface area contributed by atoms with Gasteiger partial charge >= 0.3 is 5.97 Å². The van der Waals surface area contributed by atoms with E-state index in [0.29, 0.717) is 19.0 Å². The normalized spacial score (nSPS) is 18.0. The Balaban J connectivity index is 1.65. The summed E-state index contributed by atoms with van der Waals surface area (Å²) in [7, 11) is 0. The number of esters is 1. The lowest BCUT2D eigenvalue weighted by molar-refractivity contribution is -0.151. The summed E-state index contributed by atoms with van der Waals surface area (Å²) in [5.74, 6) is 1.02. The van der Waals surface area contributed by atoms with Crippen molar-refractivity contribution < 1.29 is 23.7 Å². The van der Waals surface area contributed by atoms with E-state index in [9.17, 15) is 4.79 Å². The zero-order valence-electron chi connectivity index (χ0n) is 12.4. The van der Waals surface area contributed by atoms with Gasteiger partial charge in [0.2, 0.25) is 0 Å². The van der Waals surface area contributed by atoms with Gasteiger partial charge in [-0.05, 0) is 50.5 Å². The van der Waals surface area contributed by atoms with Gasteiger partial charge in [0.25, 0.3) is 0 Å². The highest BCUT2D eigenvalue weighted by Gasteiger charge is 2.16. The first-order valence-electron chi connectivity index (χ1n) is 7.41. The summed E-state index contributed by atoms with van der Waals surface area (Å²) < 4.78 is 21.3. The molecule has 5 nitrogen and oxygen atoms in total. The minimum Gasteiger partial charge on any atom is -0.494 e. The van der Waals surface area contributed by atoms with Crippen molar-refractivity contribution in [2.24, 2.45) is 0 Å². The van der Waals surface area contributed by atoms with Crippen molar-refractivity contribution in [3.8, 4) is 11.5 Å². The molecule has 21 heavy (non-hydrogen) atoms. The van der Waals surface area contributed by atoms with Crippen molar-refractivity contribution in [1.29, 1.82) is 0 Å². The highest BCUT2D eigenvalue weighted by Crippen LogP contribution is 2.17. The molecule has 5 heteroatoms. The Bertz CT molecular complexity index is 423. The molecule has 1 aromatic carbocycles. The van der Waals surface area contributed by atoms with Gasteiger partial charge in [0, 0.05) is 6.61 Å². The number of carbonyl (C=O) groups is 1. The topological polar surface area (TPSA) is 54.0 Å². The van der Waals surface area contributed by atoms with Crippen LogP contribution in [-0.4, -0.2) is 38.5 Å². The van der Waals surface area contributed by atoms with E-state index in [4.69, 9.17) is 18.9 Å². The maximum atomic E-state index is 11.6. The summed E-state index contributed by atoms with van der Waals surface area (Å²) in [5, 5.41) is 0. The number of benzene rings is 1. The van der Waals surface area contributed by atoms with Gasteiger partial charge in [-0.1, -0.05) is 0 Å². The zero-order valence-corrected chi connectivity index (χ0v) is 12.4. The van der Waals surface area contributed by atoms with Gasteiger partial charge < -0.3 is 18.9 Å². The molecule has 0 aromatic heterocycles. The Kier molecular flexibility index (Phi) is 6.34. The summed E-state index contributed by atoms with van der Waals surface area (Å²) in [6, 6.07) is 7.14. The molecule has 0 amide bonds. The van der Waals surface area contributed by atoms with Gasteiger partial charge in [-0.2, -0.15) is 0 Å². The second kappa shape index (κ2) is 8.52. The Labute approximate surface area is 125 Å². The van der Waals surface area contributed by atoms with Crippen LogP contribution in [0.5, 0.6) is 11.5 Å². The Morgan fingerprint density at radius 3 is 2.52 bits per heavy atom. The molecule has 0 aliphatic carbocycles. The summed E-state index contributed by atoms with van der Waals surface area (Å²) in [6.07, 6.45) is 3.21. The second-order valence-electron chi connectivity index (χ2n) is 4.86. The van der Waals surface area contributed by atoms with Crippen LogP contribution in [0.15, 0.2) is 24.3 Å². The van der Waals surface area contributed by atoms with Crippen LogP contribution in [0.25, 0.3) is 0 Å². The lowest BCUT2D eigenvalue weighted by Gasteiger charge is -2.22. The first kappa shape index (κ1) is 15.6. The first-order valence-corrected chi connectivity index (χ1v) is 7.41. The summed E-state index contributed by atoms with van der Waals surface area (Å²) in [5.41, 5.74) is 0. The molecular formula is C16H22O5. The maximum Gasteiger partial charge on any atom is 0.344 e. The van der Waals surface area contributed by atoms with E-state index in [1.165, 1.54) is 0 Å². The molecule has 0 N–H and O–H groups in total. The minimum atomic E-state index is -0.377. The van der Waals surface area contributed by atoms with Crippen LogP contribution in [0.2, 0.25) is 0 Å². The molecule has 1 aliphatic rings. The second-order valence-corrected chi connectivity index (χ2v) is 4.86. The van der Waals surface area contributed by atoms with Crippen LogP contribution in [0.1, 0.15) is 26.2 Å². The van der Waals surface area contributed by atoms with Gasteiger partial charge in [0.05, 0.1) is 12.7 Å². The fourth-order valence-corrected chi connectivity index (χ4v) is 2.11. The van der Waals surface area contributed by atoms with Crippen molar-refractivity contribution in [3.05, 3.63) is 24.3 Å². The molecule has 116 valence electrons. The quantitative estimate of drug-likeness (QED) is 0.723. The van der Waals surface area contributed by atoms with Crippen molar-refractivity contribution in [1.82, 2.24) is 0 Å². The largest absolute Gasteiger partial charge is 0.494 e. The fourth-order valence-electron chi connectivity index (χ4n) is 2.11. The number of hydrogen-bond donors (Lipinski definition) is 0. The van der Waals surface area contributed by atoms with Gasteiger partial charge in [-0.3, -0.25) is 0 Å². The maximum absolute atomic E-state index is 11.6. The van der Waals surface area contributed by atoms with E-state index in [2.05, 4.69) is 0 Å². The molecule has 1 saturated heterocycles. The SMILES string of the molecule is CCOc1ccc(OCC(=O)OCC2CCCCO2)cc1. The molecule has 0 saturated carbocycles. The molecule has 1 heterocycles. The molecule has 0 radical (unpaired) electrons. The zero-order chi connectivity index (χ0) is 14.9. The van der Waals surface area contributed by atoms with Gasteiger partial charge in [0.15, 0.2) is 6.61 Å². The fraction of sp³-hybridized carbons (Fsp3) is 0.562. The number of hydrogen-bond acceptors (Lipinski definition) is 5. The Morgan fingerprint density at radius 2 is 1.90 bits per heavy atom. The van der Waals surface area contributed by atoms with Crippen molar-refractivity contribution >= 4 is 5.97 Å². The van der Waals surface area contributed by atoms with Crippen LogP contribution >= 0.6 is 0 Å². The lowest BCUT2D eigenvalue weighted by atomic mass is 10.1. The van der Waals surface area contributed by atoms with Crippen LogP contribution in [0.4, 0.5) is 0 Å². The molecular weight excluding hydrogens is 272 g/mol. The van der Waals surface area contributed by atoms with E-state index in [-0.39, 0.29) is 18.7 Å². The predicted octanol–water partition coefficient (Wildman–Crippen LogP) is 2.58. The first-order chi connectivity index (χ1) is 10.3. The predicted molar refractivity (Wildman–Crippen MR) is 77.7 cm³/mol. The number of rotatable bonds is 7. The summed E-state index contributed by atoms with van der Waals surface area (Å²) >= 11 is 0. The Morgan fingerprint density at radius 1 is 1.19 bits per heavy atom. The van der Waals surface area contributed by atoms with Crippen molar-refractivity contribution in [3.63, 3.8) is 0 Å². The van der Waals surface area contributed by atoms with Crippen LogP contribution in [0, 0.1) is 0 Å². The molecule has 2 rings (SSSR count). The van der Waals surface area contributed by atoms with E-state index in [1.54, 1.807) is 24.3 Å². The average Bonchev–Trinajstić information content (AvgIpc) is 2.53. The van der Waals surface area contributed by atoms with Gasteiger partial charge in [-0.25, -0.2) is 4.79 Å². The molecule has 1 atom stereocenters. The van der Waals surface area contributed by atoms with E-state index >= 15 is 0 Å². The van der Waals surface area contributed by atoms with E-state index in [0.717, 1.165) is 31.6 Å². The average molecular weight is 294 g/mol. The molecule has 1 unspecified atom stereocenters. The summed E-state index contributed by atoms with van der Waals surface area (Å²) in [4.78, 5) is 11.6. The van der Waals surface area contributed by atoms with Crippen LogP contribution < -0.4 is 9.47 Å². The Hall–Kier alpha value is -1.75. The third-order valence-electron chi connectivity index (χ3n) is 3.20. The van der Waals surface area contributed by atoms with Crippen molar-refractivity contribution in [2.75, 3.05) is 26.4 Å². The molecule has 0 bridgehead atoms. The minimum absolute atomic E-state index is 0.0353. The molecule has 1 aromatic rings. The third kappa shape index (κ3) is 5.63. The smallest absolute Gasteiger partial charge is 0.344 e. The van der Waals surface area contributed by atoms with E-state index < -0.39 is 0 Å².